The minimum absolute atomic E-state index is 0.00850. The third-order valence-electron chi connectivity index (χ3n) is 3.00. The van der Waals surface area contributed by atoms with Crippen LogP contribution in [0, 0.1) is 0 Å². The average Bonchev–Trinajstić information content (AvgIpc) is 2.63. The van der Waals surface area contributed by atoms with E-state index in [1.807, 2.05) is 0 Å². The lowest BCUT2D eigenvalue weighted by molar-refractivity contribution is -0.120. The number of rotatable bonds is 2. The van der Waals surface area contributed by atoms with Crippen LogP contribution in [-0.4, -0.2) is 47.5 Å². The van der Waals surface area contributed by atoms with Crippen LogP contribution >= 0.6 is 15.9 Å². The van der Waals surface area contributed by atoms with Gasteiger partial charge in [-0.3, -0.25) is 4.79 Å². The number of halogens is 1. The number of carboxylic acid groups (broad SMARTS) is 1. The Balaban J connectivity index is 2.17. The topological polar surface area (TPSA) is 98.7 Å². The van der Waals surface area contributed by atoms with E-state index >= 15 is 0 Å². The van der Waals surface area contributed by atoms with Crippen molar-refractivity contribution in [2.45, 2.75) is 6.42 Å². The molecule has 7 nitrogen and oxygen atoms in total. The number of anilines is 1. The van der Waals surface area contributed by atoms with Gasteiger partial charge in [-0.2, -0.15) is 0 Å². The summed E-state index contributed by atoms with van der Waals surface area (Å²) in [7, 11) is 0. The number of nitrogens with zero attached hydrogens (tertiary/aromatic N) is 1. The maximum Gasteiger partial charge on any atom is 0.337 e. The summed E-state index contributed by atoms with van der Waals surface area (Å²) in [6, 6.07) is 4.00. The van der Waals surface area contributed by atoms with Crippen LogP contribution in [-0.2, 0) is 4.79 Å². The summed E-state index contributed by atoms with van der Waals surface area (Å²) in [5.74, 6) is -1.36. The van der Waals surface area contributed by atoms with Crippen LogP contribution in [0.5, 0.6) is 0 Å². The van der Waals surface area contributed by atoms with E-state index in [2.05, 4.69) is 26.6 Å². The molecule has 0 radical (unpaired) electrons. The lowest BCUT2D eigenvalue weighted by Gasteiger charge is -2.20. The van der Waals surface area contributed by atoms with Gasteiger partial charge in [0.25, 0.3) is 0 Å². The van der Waals surface area contributed by atoms with E-state index in [0.29, 0.717) is 24.0 Å². The number of carboxylic acids is 1. The molecule has 0 aliphatic carbocycles. The van der Waals surface area contributed by atoms with Crippen molar-refractivity contribution >= 4 is 39.5 Å². The van der Waals surface area contributed by atoms with Gasteiger partial charge in [0.05, 0.1) is 11.3 Å². The number of benzene rings is 1. The number of carbonyl (C=O) groups excluding carboxylic acids is 2. The molecule has 3 N–H and O–H groups in total. The molecule has 0 bridgehead atoms. The molecule has 1 saturated heterocycles. The summed E-state index contributed by atoms with van der Waals surface area (Å²) in [6.07, 6.45) is 0.656. The fraction of sp³-hybridized carbons (Fsp3) is 0.308. The van der Waals surface area contributed by atoms with Gasteiger partial charge in [-0.05, 0) is 24.6 Å². The van der Waals surface area contributed by atoms with Crippen LogP contribution in [0.15, 0.2) is 22.7 Å². The molecule has 1 aromatic rings. The SMILES string of the molecule is O=C1CN(C(=O)Nc2cc(Br)ccc2C(=O)O)CCCN1. The molecule has 8 heteroatoms. The molecule has 1 aliphatic rings. The average molecular weight is 356 g/mol. The highest BCUT2D eigenvalue weighted by atomic mass is 79.9. The predicted molar refractivity (Wildman–Crippen MR) is 79.3 cm³/mol. The first-order valence-corrected chi connectivity index (χ1v) is 7.12. The van der Waals surface area contributed by atoms with Crippen LogP contribution in [0.1, 0.15) is 16.8 Å². The summed E-state index contributed by atoms with van der Waals surface area (Å²) < 4.78 is 0.649. The Morgan fingerprint density at radius 3 is 2.86 bits per heavy atom. The van der Waals surface area contributed by atoms with Gasteiger partial charge in [0.1, 0.15) is 6.54 Å². The second-order valence-corrected chi connectivity index (χ2v) is 5.47. The van der Waals surface area contributed by atoms with E-state index in [1.54, 1.807) is 6.07 Å². The Morgan fingerprint density at radius 2 is 2.14 bits per heavy atom. The standard InChI is InChI=1S/C13H14BrN3O4/c14-8-2-3-9(12(19)20)10(6-8)16-13(21)17-5-1-4-15-11(18)7-17/h2-3,6H,1,4-5,7H2,(H,15,18)(H,16,21)(H,19,20). The molecule has 0 saturated carbocycles. The molecular formula is C13H14BrN3O4. The fourth-order valence-corrected chi connectivity index (χ4v) is 2.34. The number of hydrogen-bond donors (Lipinski definition) is 3. The molecule has 1 heterocycles. The van der Waals surface area contributed by atoms with Gasteiger partial charge in [0, 0.05) is 17.6 Å². The minimum atomic E-state index is -1.13. The van der Waals surface area contributed by atoms with Crippen LogP contribution in [0.4, 0.5) is 10.5 Å². The zero-order valence-corrected chi connectivity index (χ0v) is 12.6. The monoisotopic (exact) mass is 355 g/mol. The largest absolute Gasteiger partial charge is 0.478 e. The highest BCUT2D eigenvalue weighted by Gasteiger charge is 2.21. The maximum atomic E-state index is 12.2. The smallest absolute Gasteiger partial charge is 0.337 e. The van der Waals surface area contributed by atoms with E-state index in [4.69, 9.17) is 5.11 Å². The summed E-state index contributed by atoms with van der Waals surface area (Å²) in [6.45, 7) is 0.920. The first-order chi connectivity index (χ1) is 9.97. The van der Waals surface area contributed by atoms with Gasteiger partial charge in [-0.1, -0.05) is 15.9 Å². The molecule has 0 spiro atoms. The lowest BCUT2D eigenvalue weighted by atomic mass is 10.2. The Hall–Kier alpha value is -2.09. The molecule has 112 valence electrons. The maximum absolute atomic E-state index is 12.2. The van der Waals surface area contributed by atoms with Crippen LogP contribution in [0.3, 0.4) is 0 Å². The van der Waals surface area contributed by atoms with E-state index in [9.17, 15) is 14.4 Å². The van der Waals surface area contributed by atoms with E-state index in [0.717, 1.165) is 0 Å². The van der Waals surface area contributed by atoms with Crippen molar-refractivity contribution in [3.05, 3.63) is 28.2 Å². The normalized spacial score (nSPS) is 15.1. The quantitative estimate of drug-likeness (QED) is 0.748. The Kier molecular flexibility index (Phi) is 4.79. The molecule has 0 unspecified atom stereocenters. The van der Waals surface area contributed by atoms with Gasteiger partial charge in [0.15, 0.2) is 0 Å². The van der Waals surface area contributed by atoms with E-state index in [1.165, 1.54) is 17.0 Å². The molecule has 2 rings (SSSR count). The van der Waals surface area contributed by atoms with Gasteiger partial charge >= 0.3 is 12.0 Å². The Labute approximate surface area is 129 Å². The van der Waals surface area contributed by atoms with Crippen molar-refractivity contribution in [2.75, 3.05) is 25.0 Å². The first-order valence-electron chi connectivity index (χ1n) is 6.33. The fourth-order valence-electron chi connectivity index (χ4n) is 1.98. The van der Waals surface area contributed by atoms with Crippen LogP contribution in [0.2, 0.25) is 0 Å². The highest BCUT2D eigenvalue weighted by Crippen LogP contribution is 2.22. The molecule has 0 atom stereocenters. The number of nitrogens with one attached hydrogen (secondary N) is 2. The zero-order chi connectivity index (χ0) is 15.4. The van der Waals surface area contributed by atoms with Gasteiger partial charge in [0.2, 0.25) is 5.91 Å². The molecule has 21 heavy (non-hydrogen) atoms. The van der Waals surface area contributed by atoms with Crippen LogP contribution < -0.4 is 10.6 Å². The molecule has 1 aliphatic heterocycles. The Morgan fingerprint density at radius 1 is 1.38 bits per heavy atom. The first kappa shape index (κ1) is 15.3. The van der Waals surface area contributed by atoms with Crippen molar-refractivity contribution in [1.82, 2.24) is 10.2 Å². The number of carbonyl (C=O) groups is 3. The Bertz CT molecular complexity index is 591. The van der Waals surface area contributed by atoms with Crippen molar-refractivity contribution < 1.29 is 19.5 Å². The third kappa shape index (κ3) is 3.94. The van der Waals surface area contributed by atoms with Gasteiger partial charge in [-0.25, -0.2) is 9.59 Å². The molecule has 3 amide bonds. The summed E-state index contributed by atoms with van der Waals surface area (Å²) in [4.78, 5) is 36.1. The molecule has 1 fully saturated rings. The zero-order valence-electron chi connectivity index (χ0n) is 11.1. The van der Waals surface area contributed by atoms with Crippen molar-refractivity contribution in [1.29, 1.82) is 0 Å². The third-order valence-corrected chi connectivity index (χ3v) is 3.50. The number of hydrogen-bond acceptors (Lipinski definition) is 3. The minimum Gasteiger partial charge on any atom is -0.478 e. The number of amides is 3. The van der Waals surface area contributed by atoms with Gasteiger partial charge < -0.3 is 20.6 Å². The van der Waals surface area contributed by atoms with E-state index in [-0.39, 0.29) is 23.7 Å². The second kappa shape index (κ2) is 6.57. The molecule has 0 aromatic heterocycles. The highest BCUT2D eigenvalue weighted by molar-refractivity contribution is 9.10. The molecular weight excluding hydrogens is 342 g/mol. The summed E-state index contributed by atoms with van der Waals surface area (Å²) in [5, 5.41) is 14.3. The van der Waals surface area contributed by atoms with Crippen LogP contribution in [0.25, 0.3) is 0 Å². The van der Waals surface area contributed by atoms with Crippen molar-refractivity contribution in [3.63, 3.8) is 0 Å². The second-order valence-electron chi connectivity index (χ2n) is 4.55. The van der Waals surface area contributed by atoms with Crippen molar-refractivity contribution in [2.24, 2.45) is 0 Å². The summed E-state index contributed by atoms with van der Waals surface area (Å²) >= 11 is 3.23. The predicted octanol–water partition coefficient (Wildman–Crippen LogP) is 1.50. The number of aromatic carboxylic acids is 1. The summed E-state index contributed by atoms with van der Waals surface area (Å²) in [5.41, 5.74) is 0.178. The van der Waals surface area contributed by atoms with Crippen molar-refractivity contribution in [3.8, 4) is 0 Å². The molecule has 1 aromatic carbocycles. The lowest BCUT2D eigenvalue weighted by Crippen LogP contribution is -2.40. The number of urea groups is 1. The van der Waals surface area contributed by atoms with Gasteiger partial charge in [-0.15, -0.1) is 0 Å². The van der Waals surface area contributed by atoms with E-state index < -0.39 is 12.0 Å².